The topological polar surface area (TPSA) is 72.2 Å². The van der Waals surface area contributed by atoms with Gasteiger partial charge in [0, 0.05) is 17.7 Å². The molecule has 4 rings (SSSR count). The van der Waals surface area contributed by atoms with Gasteiger partial charge in [0.1, 0.15) is 0 Å². The van der Waals surface area contributed by atoms with Crippen LogP contribution in [0, 0.1) is 17.0 Å². The normalized spacial score (nSPS) is 15.7. The zero-order valence-electron chi connectivity index (χ0n) is 14.8. The molecule has 0 spiro atoms. The van der Waals surface area contributed by atoms with Crippen LogP contribution in [-0.4, -0.2) is 10.8 Å². The Morgan fingerprint density at radius 2 is 1.74 bits per heavy atom. The van der Waals surface area contributed by atoms with Crippen molar-refractivity contribution in [2.75, 3.05) is 0 Å². The Labute approximate surface area is 156 Å². The molecule has 1 aliphatic rings. The summed E-state index contributed by atoms with van der Waals surface area (Å²) < 4.78 is 0. The molecule has 1 aliphatic heterocycles. The minimum atomic E-state index is -0.482. The molecule has 1 N–H and O–H groups in total. The number of hydrogen-bond donors (Lipinski definition) is 1. The molecule has 1 amide bonds. The van der Waals surface area contributed by atoms with Crippen LogP contribution in [0.5, 0.6) is 0 Å². The van der Waals surface area contributed by atoms with E-state index in [0.717, 1.165) is 16.7 Å². The van der Waals surface area contributed by atoms with E-state index in [1.165, 1.54) is 23.3 Å². The molecule has 5 heteroatoms. The number of amides is 1. The van der Waals surface area contributed by atoms with Gasteiger partial charge < -0.3 is 5.32 Å². The van der Waals surface area contributed by atoms with E-state index in [4.69, 9.17) is 0 Å². The number of nitrogens with zero attached hydrogens (tertiary/aromatic N) is 1. The SMILES string of the molecule is Cc1ccccc1-c1ccc(C2Cc3ccc([N+](=O)[O-])cc3C(=O)N2)cc1. The monoisotopic (exact) mass is 358 g/mol. The lowest BCUT2D eigenvalue weighted by Crippen LogP contribution is -2.35. The summed E-state index contributed by atoms with van der Waals surface area (Å²) in [5.41, 5.74) is 5.71. The average Bonchev–Trinajstić information content (AvgIpc) is 2.68. The van der Waals surface area contributed by atoms with Gasteiger partial charge in [-0.2, -0.15) is 0 Å². The van der Waals surface area contributed by atoms with E-state index in [-0.39, 0.29) is 17.6 Å². The van der Waals surface area contributed by atoms with Crippen molar-refractivity contribution in [2.45, 2.75) is 19.4 Å². The van der Waals surface area contributed by atoms with Crippen molar-refractivity contribution in [3.63, 3.8) is 0 Å². The third kappa shape index (κ3) is 3.19. The predicted octanol–water partition coefficient (Wildman–Crippen LogP) is 4.60. The number of hydrogen-bond acceptors (Lipinski definition) is 3. The number of rotatable bonds is 3. The second kappa shape index (κ2) is 6.68. The maximum atomic E-state index is 12.4. The first kappa shape index (κ1) is 17.0. The van der Waals surface area contributed by atoms with E-state index < -0.39 is 4.92 Å². The molecule has 0 bridgehead atoms. The fourth-order valence-corrected chi connectivity index (χ4v) is 3.57. The number of nitro groups is 1. The van der Waals surface area contributed by atoms with Crippen molar-refractivity contribution >= 4 is 11.6 Å². The number of non-ortho nitro benzene ring substituents is 1. The highest BCUT2D eigenvalue weighted by Gasteiger charge is 2.27. The summed E-state index contributed by atoms with van der Waals surface area (Å²) in [4.78, 5) is 22.9. The highest BCUT2D eigenvalue weighted by atomic mass is 16.6. The van der Waals surface area contributed by atoms with Crippen LogP contribution in [-0.2, 0) is 6.42 Å². The Morgan fingerprint density at radius 1 is 1.00 bits per heavy atom. The predicted molar refractivity (Wildman–Crippen MR) is 104 cm³/mol. The molecule has 1 heterocycles. The summed E-state index contributed by atoms with van der Waals surface area (Å²) in [6, 6.07) is 20.8. The maximum Gasteiger partial charge on any atom is 0.270 e. The minimum Gasteiger partial charge on any atom is -0.345 e. The molecule has 0 saturated heterocycles. The standard InChI is InChI=1S/C22H18N2O3/c1-14-4-2-3-5-19(14)15-6-8-16(9-7-15)21-12-17-10-11-18(24(26)27)13-20(17)22(25)23-21/h2-11,13,21H,12H2,1H3,(H,23,25). The molecular formula is C22H18N2O3. The van der Waals surface area contributed by atoms with Gasteiger partial charge in [-0.05, 0) is 41.2 Å². The van der Waals surface area contributed by atoms with Crippen LogP contribution < -0.4 is 5.32 Å². The quantitative estimate of drug-likeness (QED) is 0.549. The Bertz CT molecular complexity index is 1040. The van der Waals surface area contributed by atoms with Crippen molar-refractivity contribution in [1.29, 1.82) is 0 Å². The van der Waals surface area contributed by atoms with Crippen LogP contribution in [0.15, 0.2) is 66.7 Å². The van der Waals surface area contributed by atoms with Crippen molar-refractivity contribution in [1.82, 2.24) is 5.32 Å². The molecule has 1 unspecified atom stereocenters. The molecule has 3 aromatic rings. The summed E-state index contributed by atoms with van der Waals surface area (Å²) >= 11 is 0. The zero-order valence-corrected chi connectivity index (χ0v) is 14.8. The van der Waals surface area contributed by atoms with E-state index in [1.54, 1.807) is 6.07 Å². The first-order valence-electron chi connectivity index (χ1n) is 8.77. The number of benzene rings is 3. The van der Waals surface area contributed by atoms with Gasteiger partial charge in [0.2, 0.25) is 0 Å². The van der Waals surface area contributed by atoms with Crippen LogP contribution >= 0.6 is 0 Å². The molecule has 0 saturated carbocycles. The highest BCUT2D eigenvalue weighted by Crippen LogP contribution is 2.30. The molecule has 5 nitrogen and oxygen atoms in total. The zero-order chi connectivity index (χ0) is 19.0. The molecule has 3 aromatic carbocycles. The number of fused-ring (bicyclic) bond motifs is 1. The van der Waals surface area contributed by atoms with Crippen LogP contribution in [0.2, 0.25) is 0 Å². The number of carbonyl (C=O) groups excluding carboxylic acids is 1. The van der Waals surface area contributed by atoms with Crippen molar-refractivity contribution in [2.24, 2.45) is 0 Å². The van der Waals surface area contributed by atoms with Gasteiger partial charge in [0.15, 0.2) is 0 Å². The molecule has 27 heavy (non-hydrogen) atoms. The largest absolute Gasteiger partial charge is 0.345 e. The van der Waals surface area contributed by atoms with E-state index in [1.807, 2.05) is 24.3 Å². The Hall–Kier alpha value is -3.47. The van der Waals surface area contributed by atoms with Gasteiger partial charge in [-0.25, -0.2) is 0 Å². The van der Waals surface area contributed by atoms with Crippen LogP contribution in [0.1, 0.15) is 33.1 Å². The smallest absolute Gasteiger partial charge is 0.270 e. The number of nitrogens with one attached hydrogen (secondary N) is 1. The molecule has 1 atom stereocenters. The van der Waals surface area contributed by atoms with Crippen LogP contribution in [0.4, 0.5) is 5.69 Å². The van der Waals surface area contributed by atoms with Gasteiger partial charge in [-0.3, -0.25) is 14.9 Å². The summed E-state index contributed by atoms with van der Waals surface area (Å²) in [6.07, 6.45) is 0.614. The van der Waals surface area contributed by atoms with Crippen molar-refractivity contribution < 1.29 is 9.72 Å². The third-order valence-corrected chi connectivity index (χ3v) is 5.05. The second-order valence-corrected chi connectivity index (χ2v) is 6.77. The summed E-state index contributed by atoms with van der Waals surface area (Å²) in [5, 5.41) is 13.9. The molecule has 0 aromatic heterocycles. The van der Waals surface area contributed by atoms with E-state index in [9.17, 15) is 14.9 Å². The van der Waals surface area contributed by atoms with Gasteiger partial charge in [-0.1, -0.05) is 54.6 Å². The van der Waals surface area contributed by atoms with E-state index in [0.29, 0.717) is 12.0 Å². The lowest BCUT2D eigenvalue weighted by atomic mass is 9.90. The van der Waals surface area contributed by atoms with E-state index >= 15 is 0 Å². The second-order valence-electron chi connectivity index (χ2n) is 6.77. The van der Waals surface area contributed by atoms with Gasteiger partial charge >= 0.3 is 0 Å². The van der Waals surface area contributed by atoms with E-state index in [2.05, 4.69) is 36.5 Å². The first-order valence-corrected chi connectivity index (χ1v) is 8.77. The average molecular weight is 358 g/mol. The third-order valence-electron chi connectivity index (χ3n) is 5.05. The maximum absolute atomic E-state index is 12.4. The summed E-state index contributed by atoms with van der Waals surface area (Å²) in [7, 11) is 0. The fraction of sp³-hybridized carbons (Fsp3) is 0.136. The molecule has 0 aliphatic carbocycles. The highest BCUT2D eigenvalue weighted by molar-refractivity contribution is 5.97. The minimum absolute atomic E-state index is 0.0649. The first-order chi connectivity index (χ1) is 13.0. The van der Waals surface area contributed by atoms with Gasteiger partial charge in [0.25, 0.3) is 11.6 Å². The Morgan fingerprint density at radius 3 is 2.44 bits per heavy atom. The van der Waals surface area contributed by atoms with Gasteiger partial charge in [-0.15, -0.1) is 0 Å². The Kier molecular flexibility index (Phi) is 4.20. The lowest BCUT2D eigenvalue weighted by Gasteiger charge is -2.26. The van der Waals surface area contributed by atoms with Crippen LogP contribution in [0.25, 0.3) is 11.1 Å². The lowest BCUT2D eigenvalue weighted by molar-refractivity contribution is -0.384. The number of aryl methyl sites for hydroxylation is 1. The summed E-state index contributed by atoms with van der Waals surface area (Å²) in [5.74, 6) is -0.270. The number of carbonyl (C=O) groups is 1. The molecule has 0 radical (unpaired) electrons. The van der Waals surface area contributed by atoms with Gasteiger partial charge in [0.05, 0.1) is 11.0 Å². The van der Waals surface area contributed by atoms with Crippen molar-refractivity contribution in [3.8, 4) is 11.1 Å². The van der Waals surface area contributed by atoms with Crippen molar-refractivity contribution in [3.05, 3.63) is 99.1 Å². The molecule has 0 fully saturated rings. The Balaban J connectivity index is 1.61. The fourth-order valence-electron chi connectivity index (χ4n) is 3.57. The molecular weight excluding hydrogens is 340 g/mol. The van der Waals surface area contributed by atoms with Crippen LogP contribution in [0.3, 0.4) is 0 Å². The summed E-state index contributed by atoms with van der Waals surface area (Å²) in [6.45, 7) is 2.08. The number of nitro benzene ring substituents is 1. The molecule has 134 valence electrons.